The van der Waals surface area contributed by atoms with Gasteiger partial charge in [0.05, 0.1) is 18.9 Å². The third-order valence-corrected chi connectivity index (χ3v) is 5.16. The zero-order valence-corrected chi connectivity index (χ0v) is 20.0. The van der Waals surface area contributed by atoms with E-state index in [0.29, 0.717) is 22.6 Å². The minimum Gasteiger partial charge on any atom is -0.493 e. The quantitative estimate of drug-likeness (QED) is 0.203. The molecule has 0 aliphatic carbocycles. The molecule has 3 rings (SSSR count). The minimum absolute atomic E-state index is 0.155. The van der Waals surface area contributed by atoms with Gasteiger partial charge >= 0.3 is 5.97 Å². The van der Waals surface area contributed by atoms with Crippen LogP contribution in [0.25, 0.3) is 0 Å². The number of carbonyl (C=O) groups excluding carboxylic acids is 2. The number of rotatable bonds is 8. The van der Waals surface area contributed by atoms with E-state index in [1.54, 1.807) is 42.5 Å². The van der Waals surface area contributed by atoms with Crippen molar-refractivity contribution in [1.82, 2.24) is 5.43 Å². The van der Waals surface area contributed by atoms with Gasteiger partial charge in [0.15, 0.2) is 18.1 Å². The number of hydrogen-bond acceptors (Lipinski definition) is 6. The Bertz CT molecular complexity index is 1160. The van der Waals surface area contributed by atoms with E-state index in [1.807, 2.05) is 32.0 Å². The van der Waals surface area contributed by atoms with Crippen LogP contribution in [0, 0.1) is 13.8 Å². The van der Waals surface area contributed by atoms with E-state index < -0.39 is 5.97 Å². The molecule has 0 spiro atoms. The molecule has 3 aromatic carbocycles. The van der Waals surface area contributed by atoms with Crippen molar-refractivity contribution in [3.05, 3.63) is 87.4 Å². The second-order valence-corrected chi connectivity index (χ2v) is 8.03. The second kappa shape index (κ2) is 11.3. The maximum absolute atomic E-state index is 12.4. The summed E-state index contributed by atoms with van der Waals surface area (Å²) in [5.41, 5.74) is 5.40. The highest BCUT2D eigenvalue weighted by atomic mass is 79.9. The molecule has 8 heteroatoms. The molecule has 0 saturated heterocycles. The van der Waals surface area contributed by atoms with Crippen molar-refractivity contribution in [2.75, 3.05) is 13.7 Å². The van der Waals surface area contributed by atoms with Crippen molar-refractivity contribution in [1.29, 1.82) is 0 Å². The van der Waals surface area contributed by atoms with E-state index in [1.165, 1.54) is 13.3 Å². The molecule has 0 unspecified atom stereocenters. The highest BCUT2D eigenvalue weighted by molar-refractivity contribution is 9.10. The second-order valence-electron chi connectivity index (χ2n) is 7.11. The van der Waals surface area contributed by atoms with Crippen molar-refractivity contribution in [2.24, 2.45) is 5.10 Å². The maximum Gasteiger partial charge on any atom is 0.343 e. The fraction of sp³-hybridized carbons (Fsp3) is 0.160. The summed E-state index contributed by atoms with van der Waals surface area (Å²) >= 11 is 3.33. The van der Waals surface area contributed by atoms with E-state index >= 15 is 0 Å². The maximum atomic E-state index is 12.4. The van der Waals surface area contributed by atoms with Gasteiger partial charge in [-0.2, -0.15) is 5.10 Å². The number of hydrazone groups is 1. The van der Waals surface area contributed by atoms with E-state index in [2.05, 4.69) is 26.5 Å². The Hall–Kier alpha value is -3.65. The number of esters is 1. The molecule has 0 aliphatic rings. The average Bonchev–Trinajstić information content (AvgIpc) is 2.80. The van der Waals surface area contributed by atoms with Gasteiger partial charge in [-0.3, -0.25) is 4.79 Å². The Labute approximate surface area is 200 Å². The number of amides is 1. The molecule has 0 aliphatic heterocycles. The lowest BCUT2D eigenvalue weighted by Gasteiger charge is -2.11. The van der Waals surface area contributed by atoms with Gasteiger partial charge in [-0.05, 0) is 73.0 Å². The zero-order chi connectivity index (χ0) is 23.8. The summed E-state index contributed by atoms with van der Waals surface area (Å²) in [5.74, 6) is 0.427. The molecule has 0 heterocycles. The van der Waals surface area contributed by atoms with Crippen LogP contribution in [0.1, 0.15) is 27.0 Å². The average molecular weight is 511 g/mol. The van der Waals surface area contributed by atoms with Crippen LogP contribution in [0.15, 0.2) is 70.2 Å². The van der Waals surface area contributed by atoms with Crippen molar-refractivity contribution in [3.63, 3.8) is 0 Å². The topological polar surface area (TPSA) is 86.2 Å². The molecule has 7 nitrogen and oxygen atoms in total. The van der Waals surface area contributed by atoms with Crippen molar-refractivity contribution in [3.8, 4) is 17.2 Å². The summed E-state index contributed by atoms with van der Waals surface area (Å²) in [4.78, 5) is 24.4. The Balaban J connectivity index is 1.58. The molecule has 0 bridgehead atoms. The molecular weight excluding hydrogens is 488 g/mol. The van der Waals surface area contributed by atoms with Crippen molar-refractivity contribution in [2.45, 2.75) is 13.8 Å². The molecular formula is C25H23BrN2O5. The number of nitrogens with one attached hydrogen (secondary N) is 1. The summed E-state index contributed by atoms with van der Waals surface area (Å²) in [6.45, 7) is 3.69. The third-order valence-electron chi connectivity index (χ3n) is 4.63. The number of ether oxygens (including phenoxy) is 3. The van der Waals surface area contributed by atoms with Crippen molar-refractivity contribution < 1.29 is 23.8 Å². The third kappa shape index (κ3) is 6.66. The predicted molar refractivity (Wildman–Crippen MR) is 129 cm³/mol. The lowest BCUT2D eigenvalue weighted by molar-refractivity contribution is -0.123. The molecule has 0 saturated carbocycles. The van der Waals surface area contributed by atoms with Crippen LogP contribution in [-0.2, 0) is 4.79 Å². The highest BCUT2D eigenvalue weighted by Gasteiger charge is 2.13. The number of aryl methyl sites for hydroxylation is 2. The molecule has 0 fully saturated rings. The van der Waals surface area contributed by atoms with E-state index in [0.717, 1.165) is 15.6 Å². The number of hydrogen-bond donors (Lipinski definition) is 1. The Kier molecular flexibility index (Phi) is 8.21. The fourth-order valence-corrected chi connectivity index (χ4v) is 3.23. The first-order valence-electron chi connectivity index (χ1n) is 10.0. The molecule has 33 heavy (non-hydrogen) atoms. The van der Waals surface area contributed by atoms with Gasteiger partial charge in [-0.1, -0.05) is 34.1 Å². The fourth-order valence-electron chi connectivity index (χ4n) is 2.97. The zero-order valence-electron chi connectivity index (χ0n) is 18.4. The van der Waals surface area contributed by atoms with E-state index in [-0.39, 0.29) is 18.3 Å². The van der Waals surface area contributed by atoms with Crippen molar-refractivity contribution >= 4 is 34.0 Å². The van der Waals surface area contributed by atoms with Crippen LogP contribution >= 0.6 is 15.9 Å². The Morgan fingerprint density at radius 1 is 1.00 bits per heavy atom. The number of benzene rings is 3. The normalized spacial score (nSPS) is 10.7. The first-order chi connectivity index (χ1) is 15.9. The Morgan fingerprint density at radius 3 is 2.36 bits per heavy atom. The predicted octanol–water partition coefficient (Wildman–Crippen LogP) is 4.82. The number of carbonyl (C=O) groups is 2. The lowest BCUT2D eigenvalue weighted by atomic mass is 10.1. The van der Waals surface area contributed by atoms with Crippen LogP contribution in [0.4, 0.5) is 0 Å². The smallest absolute Gasteiger partial charge is 0.343 e. The van der Waals surface area contributed by atoms with Gasteiger partial charge in [-0.15, -0.1) is 0 Å². The van der Waals surface area contributed by atoms with Crippen LogP contribution < -0.4 is 19.6 Å². The molecule has 0 atom stereocenters. The minimum atomic E-state index is -0.502. The highest BCUT2D eigenvalue weighted by Crippen LogP contribution is 2.28. The number of halogens is 1. The van der Waals surface area contributed by atoms with Gasteiger partial charge in [0, 0.05) is 4.47 Å². The Morgan fingerprint density at radius 2 is 1.70 bits per heavy atom. The van der Waals surface area contributed by atoms with Crippen LogP contribution in [-0.4, -0.2) is 31.8 Å². The molecule has 170 valence electrons. The van der Waals surface area contributed by atoms with Crippen LogP contribution in [0.2, 0.25) is 0 Å². The van der Waals surface area contributed by atoms with E-state index in [4.69, 9.17) is 14.2 Å². The van der Waals surface area contributed by atoms with Crippen LogP contribution in [0.3, 0.4) is 0 Å². The summed E-state index contributed by atoms with van der Waals surface area (Å²) in [6, 6.07) is 17.6. The van der Waals surface area contributed by atoms with Gasteiger partial charge in [0.1, 0.15) is 5.75 Å². The lowest BCUT2D eigenvalue weighted by Crippen LogP contribution is -2.25. The summed E-state index contributed by atoms with van der Waals surface area (Å²) in [7, 11) is 1.47. The van der Waals surface area contributed by atoms with Gasteiger partial charge in [-0.25, -0.2) is 10.2 Å². The monoisotopic (exact) mass is 510 g/mol. The molecule has 3 aromatic rings. The molecule has 0 radical (unpaired) electrons. The van der Waals surface area contributed by atoms with E-state index in [9.17, 15) is 9.59 Å². The van der Waals surface area contributed by atoms with Gasteiger partial charge in [0.2, 0.25) is 0 Å². The summed E-state index contributed by atoms with van der Waals surface area (Å²) in [6.07, 6.45) is 1.46. The number of nitrogens with zero attached hydrogens (tertiary/aromatic N) is 1. The molecule has 0 aromatic heterocycles. The first kappa shape index (κ1) is 24.0. The largest absolute Gasteiger partial charge is 0.493 e. The standard InChI is InChI=1S/C25H23BrN2O5/c1-16-5-4-6-17(2)24(16)32-15-23(29)28-27-14-18-7-12-21(22(13-18)31-3)33-25(30)19-8-10-20(26)11-9-19/h4-14H,15H2,1-3H3,(H,28,29)/b27-14+. The number of methoxy groups -OCH3 is 1. The summed E-state index contributed by atoms with van der Waals surface area (Å²) in [5, 5.41) is 3.95. The van der Waals surface area contributed by atoms with Crippen LogP contribution in [0.5, 0.6) is 17.2 Å². The molecule has 1 amide bonds. The summed E-state index contributed by atoms with van der Waals surface area (Å²) < 4.78 is 17.2. The van der Waals surface area contributed by atoms with Gasteiger partial charge in [0.25, 0.3) is 5.91 Å². The SMILES string of the molecule is COc1cc(/C=N/NC(=O)COc2c(C)cccc2C)ccc1OC(=O)c1ccc(Br)cc1. The molecule has 1 N–H and O–H groups in total. The van der Waals surface area contributed by atoms with Gasteiger partial charge < -0.3 is 14.2 Å². The number of para-hydroxylation sites is 1. The first-order valence-corrected chi connectivity index (χ1v) is 10.8.